The average molecular weight is 740 g/mol. The minimum absolute atomic E-state index is 0.0303. The van der Waals surface area contributed by atoms with Crippen molar-refractivity contribution in [3.8, 4) is 11.6 Å². The van der Waals surface area contributed by atoms with Crippen molar-refractivity contribution in [3.63, 3.8) is 0 Å². The number of rotatable bonds is 11. The highest BCUT2D eigenvalue weighted by atomic mass is 32.2. The van der Waals surface area contributed by atoms with Gasteiger partial charge >= 0.3 is 6.09 Å². The third kappa shape index (κ3) is 7.98. The summed E-state index contributed by atoms with van der Waals surface area (Å²) in [6.07, 6.45) is 3.75. The van der Waals surface area contributed by atoms with Gasteiger partial charge in [-0.05, 0) is 69.6 Å². The van der Waals surface area contributed by atoms with Crippen LogP contribution in [0.5, 0.6) is 11.6 Å². The van der Waals surface area contributed by atoms with E-state index in [0.29, 0.717) is 30.7 Å². The second-order valence-electron chi connectivity index (χ2n) is 16.5. The Bertz CT molecular complexity index is 1900. The Morgan fingerprint density at radius 1 is 1.12 bits per heavy atom. The monoisotopic (exact) mass is 739 g/mol. The van der Waals surface area contributed by atoms with Crippen LogP contribution in [0, 0.1) is 11.3 Å². The SMILES string of the molecule is C=C[C@@H]1C[C@]1(NC(=O)[C@@H]1CC(Oc2nccc3c4c(ccc23)CCO4)CN1C(=O)C(CC(C)(C)C)NC(=O)OC(C)(C)C)C(=O)NS(=O)(=O)C1CC1. The van der Waals surface area contributed by atoms with Crippen LogP contribution in [0.1, 0.15) is 79.2 Å². The molecule has 6 rings (SSSR count). The molecule has 2 aliphatic carbocycles. The van der Waals surface area contributed by atoms with Crippen LogP contribution in [0.3, 0.4) is 0 Å². The second-order valence-corrected chi connectivity index (χ2v) is 18.5. The summed E-state index contributed by atoms with van der Waals surface area (Å²) in [6, 6.07) is 3.53. The minimum Gasteiger partial charge on any atom is -0.492 e. The fraction of sp³-hybridized carbons (Fsp3) is 0.595. The normalized spacial score (nSPS) is 24.7. The van der Waals surface area contributed by atoms with Gasteiger partial charge in [0.2, 0.25) is 27.7 Å². The van der Waals surface area contributed by atoms with E-state index in [9.17, 15) is 27.6 Å². The van der Waals surface area contributed by atoms with E-state index < -0.39 is 79.7 Å². The molecule has 1 aromatic heterocycles. The van der Waals surface area contributed by atoms with Gasteiger partial charge in [-0.25, -0.2) is 18.2 Å². The summed E-state index contributed by atoms with van der Waals surface area (Å²) >= 11 is 0. The summed E-state index contributed by atoms with van der Waals surface area (Å²) < 4.78 is 45.4. The van der Waals surface area contributed by atoms with Crippen molar-refractivity contribution in [2.24, 2.45) is 11.3 Å². The van der Waals surface area contributed by atoms with E-state index in [1.165, 1.54) is 11.0 Å². The molecule has 2 aromatic rings. The number of sulfonamides is 1. The predicted octanol–water partition coefficient (Wildman–Crippen LogP) is 3.52. The number of benzene rings is 1. The Kier molecular flexibility index (Phi) is 9.73. The summed E-state index contributed by atoms with van der Waals surface area (Å²) in [5, 5.41) is 6.43. The molecule has 3 fully saturated rings. The molecule has 52 heavy (non-hydrogen) atoms. The molecular formula is C37H49N5O9S. The molecule has 15 heteroatoms. The first-order valence-electron chi connectivity index (χ1n) is 17.8. The van der Waals surface area contributed by atoms with E-state index in [1.54, 1.807) is 27.0 Å². The van der Waals surface area contributed by atoms with Gasteiger partial charge in [-0.15, -0.1) is 6.58 Å². The molecule has 5 atom stereocenters. The molecule has 1 saturated heterocycles. The zero-order valence-electron chi connectivity index (χ0n) is 30.6. The number of aromatic nitrogens is 1. The topological polar surface area (TPSA) is 182 Å². The van der Waals surface area contributed by atoms with E-state index in [2.05, 4.69) is 26.9 Å². The second kappa shape index (κ2) is 13.5. The van der Waals surface area contributed by atoms with Crippen molar-refractivity contribution < 1.29 is 41.8 Å². The number of amides is 4. The zero-order chi connectivity index (χ0) is 37.8. The molecule has 2 saturated carbocycles. The van der Waals surface area contributed by atoms with E-state index >= 15 is 0 Å². The number of fused-ring (bicyclic) bond motifs is 3. The number of carbonyl (C=O) groups excluding carboxylic acids is 4. The summed E-state index contributed by atoms with van der Waals surface area (Å²) in [5.74, 6) is -1.47. The van der Waals surface area contributed by atoms with Crippen LogP contribution in [0.25, 0.3) is 10.8 Å². The number of carbonyl (C=O) groups is 4. The maximum atomic E-state index is 14.5. The van der Waals surface area contributed by atoms with Crippen LogP contribution < -0.4 is 24.8 Å². The van der Waals surface area contributed by atoms with Gasteiger partial charge in [-0.1, -0.05) is 32.9 Å². The smallest absolute Gasteiger partial charge is 0.408 e. The van der Waals surface area contributed by atoms with Gasteiger partial charge in [0.1, 0.15) is 35.1 Å². The Balaban J connectivity index is 1.29. The Hall–Kier alpha value is -4.40. The van der Waals surface area contributed by atoms with Crippen LogP contribution in [0.4, 0.5) is 4.79 Å². The highest BCUT2D eigenvalue weighted by molar-refractivity contribution is 7.91. The van der Waals surface area contributed by atoms with Crippen LogP contribution >= 0.6 is 0 Å². The summed E-state index contributed by atoms with van der Waals surface area (Å²) in [5.41, 5.74) is -1.70. The number of pyridine rings is 1. The molecule has 0 bridgehead atoms. The van der Waals surface area contributed by atoms with Crippen molar-refractivity contribution in [2.75, 3.05) is 13.2 Å². The number of alkyl carbamates (subject to hydrolysis) is 1. The molecule has 1 aromatic carbocycles. The fourth-order valence-corrected chi connectivity index (χ4v) is 8.35. The van der Waals surface area contributed by atoms with Gasteiger partial charge in [-0.3, -0.25) is 19.1 Å². The van der Waals surface area contributed by atoms with E-state index in [0.717, 1.165) is 23.1 Å². The molecule has 3 N–H and O–H groups in total. The van der Waals surface area contributed by atoms with Gasteiger partial charge in [0.05, 0.1) is 18.4 Å². The van der Waals surface area contributed by atoms with Crippen LogP contribution in [-0.4, -0.2) is 89.8 Å². The number of hydrogen-bond donors (Lipinski definition) is 3. The number of hydrogen-bond acceptors (Lipinski definition) is 10. The molecule has 282 valence electrons. The van der Waals surface area contributed by atoms with Crippen LogP contribution in [0.2, 0.25) is 0 Å². The van der Waals surface area contributed by atoms with Gasteiger partial charge in [0.25, 0.3) is 5.91 Å². The molecule has 0 radical (unpaired) electrons. The lowest BCUT2D eigenvalue weighted by Gasteiger charge is -2.32. The van der Waals surface area contributed by atoms with Crippen molar-refractivity contribution in [3.05, 3.63) is 42.6 Å². The number of ether oxygens (including phenoxy) is 3. The number of nitrogens with zero attached hydrogens (tertiary/aromatic N) is 2. The minimum atomic E-state index is -3.90. The quantitative estimate of drug-likeness (QED) is 0.289. The van der Waals surface area contributed by atoms with Gasteiger partial charge in [0.15, 0.2) is 0 Å². The van der Waals surface area contributed by atoms with Crippen LogP contribution in [0.15, 0.2) is 37.1 Å². The lowest BCUT2D eigenvalue weighted by Crippen LogP contribution is -2.58. The highest BCUT2D eigenvalue weighted by Crippen LogP contribution is 2.46. The van der Waals surface area contributed by atoms with Crippen molar-refractivity contribution in [2.45, 2.75) is 115 Å². The molecule has 2 aliphatic heterocycles. The molecule has 0 spiro atoms. The largest absolute Gasteiger partial charge is 0.492 e. The lowest BCUT2D eigenvalue weighted by molar-refractivity contribution is -0.141. The van der Waals surface area contributed by atoms with Crippen molar-refractivity contribution >= 4 is 44.6 Å². The first-order valence-corrected chi connectivity index (χ1v) is 19.4. The van der Waals surface area contributed by atoms with Crippen molar-refractivity contribution in [1.29, 1.82) is 0 Å². The number of likely N-dealkylation sites (tertiary alicyclic amines) is 1. The molecule has 2 unspecified atom stereocenters. The third-order valence-corrected chi connectivity index (χ3v) is 11.6. The van der Waals surface area contributed by atoms with Crippen molar-refractivity contribution in [1.82, 2.24) is 25.2 Å². The predicted molar refractivity (Wildman–Crippen MR) is 192 cm³/mol. The summed E-state index contributed by atoms with van der Waals surface area (Å²) in [7, 11) is -3.90. The fourth-order valence-electron chi connectivity index (χ4n) is 6.98. The Morgan fingerprint density at radius 3 is 2.48 bits per heavy atom. The van der Waals surface area contributed by atoms with Crippen LogP contribution in [-0.2, 0) is 35.6 Å². The first-order chi connectivity index (χ1) is 24.3. The first kappa shape index (κ1) is 37.4. The molecule has 4 aliphatic rings. The van der Waals surface area contributed by atoms with Gasteiger partial charge in [-0.2, -0.15) is 0 Å². The van der Waals surface area contributed by atoms with E-state index in [-0.39, 0.29) is 25.8 Å². The van der Waals surface area contributed by atoms with E-state index in [4.69, 9.17) is 14.2 Å². The standard InChI is InChI=1S/C37H49N5O9S/c1-8-22-18-37(22,33(45)41-52(47,48)24-10-11-24)40-30(43)28-17-23(50-31-26-12-9-21-14-16-49-29(21)25(26)13-15-38-31)20-42(28)32(44)27(19-35(2,3)4)39-34(46)51-36(5,6)7/h8-9,12-13,15,22-24,27-28H,1,10-11,14,16-20H2,2-7H3,(H,39,46)(H,40,43)(H,41,45)/t22-,23?,27?,28+,37-/m1/s1. The maximum Gasteiger partial charge on any atom is 0.408 e. The molecule has 14 nitrogen and oxygen atoms in total. The summed E-state index contributed by atoms with van der Waals surface area (Å²) in [6.45, 7) is 15.3. The third-order valence-electron chi connectivity index (χ3n) is 9.74. The average Bonchev–Trinajstić information content (AvgIpc) is 3.92. The Morgan fingerprint density at radius 2 is 1.85 bits per heavy atom. The molecular weight excluding hydrogens is 691 g/mol. The molecule has 4 amide bonds. The maximum absolute atomic E-state index is 14.5. The highest BCUT2D eigenvalue weighted by Gasteiger charge is 2.62. The van der Waals surface area contributed by atoms with Gasteiger partial charge in [0, 0.05) is 35.7 Å². The zero-order valence-corrected chi connectivity index (χ0v) is 31.4. The summed E-state index contributed by atoms with van der Waals surface area (Å²) in [4.78, 5) is 61.1. The van der Waals surface area contributed by atoms with Gasteiger partial charge < -0.3 is 29.7 Å². The van der Waals surface area contributed by atoms with E-state index in [1.807, 2.05) is 39.0 Å². The molecule has 3 heterocycles. The Labute approximate surface area is 304 Å². The number of nitrogens with one attached hydrogen (secondary N) is 3. The lowest BCUT2D eigenvalue weighted by atomic mass is 9.87.